The Morgan fingerprint density at radius 3 is 2.57 bits per heavy atom. The Balaban J connectivity index is 1.50. The van der Waals surface area contributed by atoms with Crippen LogP contribution in [0.3, 0.4) is 0 Å². The molecule has 2 aromatic carbocycles. The van der Waals surface area contributed by atoms with E-state index in [0.29, 0.717) is 29.2 Å². The number of carboxylic acid groups (broad SMARTS) is 1. The van der Waals surface area contributed by atoms with Crippen molar-refractivity contribution in [2.75, 3.05) is 31.1 Å². The lowest BCUT2D eigenvalue weighted by atomic mass is 10.0. The maximum atomic E-state index is 11.7. The highest BCUT2D eigenvalue weighted by Gasteiger charge is 2.26. The van der Waals surface area contributed by atoms with Gasteiger partial charge < -0.3 is 20.1 Å². The molecule has 7 heteroatoms. The van der Waals surface area contributed by atoms with Crippen LogP contribution in [0.1, 0.15) is 27.2 Å². The highest BCUT2D eigenvalue weighted by atomic mass is 35.5. The fraction of sp³-hybridized carbons (Fsp3) is 0.348. The number of fused-ring (bicyclic) bond motifs is 1. The van der Waals surface area contributed by atoms with Crippen LogP contribution in [0.25, 0.3) is 10.9 Å². The smallest absolute Gasteiger partial charge is 0.352 e. The summed E-state index contributed by atoms with van der Waals surface area (Å²) in [5.74, 6) is -1.04. The second-order valence-electron chi connectivity index (χ2n) is 7.97. The third-order valence-corrected chi connectivity index (χ3v) is 6.14. The molecule has 30 heavy (non-hydrogen) atoms. The molecule has 3 N–H and O–H groups in total. The molecule has 158 valence electrons. The molecule has 3 aromatic rings. The van der Waals surface area contributed by atoms with Crippen molar-refractivity contribution in [1.29, 1.82) is 0 Å². The molecule has 1 unspecified atom stereocenters. The number of halogens is 1. The topological polar surface area (TPSA) is 79.8 Å². The summed E-state index contributed by atoms with van der Waals surface area (Å²) < 4.78 is 0. The van der Waals surface area contributed by atoms with E-state index in [1.54, 1.807) is 18.2 Å². The van der Waals surface area contributed by atoms with E-state index >= 15 is 0 Å². The molecule has 0 spiro atoms. The van der Waals surface area contributed by atoms with E-state index in [-0.39, 0.29) is 12.1 Å². The maximum absolute atomic E-state index is 11.7. The molecule has 1 saturated heterocycles. The Hall–Kier alpha value is -2.54. The number of aryl methyl sites for hydroxylation is 2. The summed E-state index contributed by atoms with van der Waals surface area (Å²) in [5, 5.41) is 21.8. The number of nitrogens with one attached hydrogen (secondary N) is 1. The van der Waals surface area contributed by atoms with Gasteiger partial charge in [0.1, 0.15) is 11.9 Å². The minimum atomic E-state index is -1.04. The Bertz CT molecular complexity index is 1090. The van der Waals surface area contributed by atoms with Crippen LogP contribution >= 0.6 is 11.6 Å². The Morgan fingerprint density at radius 1 is 1.13 bits per heavy atom. The van der Waals surface area contributed by atoms with Crippen molar-refractivity contribution in [2.45, 2.75) is 26.5 Å². The van der Waals surface area contributed by atoms with Crippen molar-refractivity contribution in [3.63, 3.8) is 0 Å². The maximum Gasteiger partial charge on any atom is 0.352 e. The van der Waals surface area contributed by atoms with Gasteiger partial charge in [0.05, 0.1) is 0 Å². The lowest BCUT2D eigenvalue weighted by Crippen LogP contribution is -2.51. The zero-order valence-electron chi connectivity index (χ0n) is 17.2. The average molecular weight is 428 g/mol. The van der Waals surface area contributed by atoms with Gasteiger partial charge in [0.2, 0.25) is 0 Å². The fourth-order valence-corrected chi connectivity index (χ4v) is 4.42. The highest BCUT2D eigenvalue weighted by molar-refractivity contribution is 6.31. The number of aliphatic hydroxyl groups is 1. The third kappa shape index (κ3) is 4.03. The Morgan fingerprint density at radius 2 is 1.87 bits per heavy atom. The molecule has 4 rings (SSSR count). The van der Waals surface area contributed by atoms with E-state index in [4.69, 9.17) is 11.6 Å². The van der Waals surface area contributed by atoms with Crippen molar-refractivity contribution in [1.82, 2.24) is 9.88 Å². The van der Waals surface area contributed by atoms with Crippen LogP contribution in [0.2, 0.25) is 5.02 Å². The van der Waals surface area contributed by atoms with Crippen molar-refractivity contribution in [3.8, 4) is 0 Å². The fourth-order valence-electron chi connectivity index (χ4n) is 4.25. The van der Waals surface area contributed by atoms with Gasteiger partial charge in [0, 0.05) is 54.2 Å². The third-order valence-electron chi connectivity index (χ3n) is 5.91. The van der Waals surface area contributed by atoms with Crippen LogP contribution in [0, 0.1) is 13.8 Å². The number of benzene rings is 2. The van der Waals surface area contributed by atoms with E-state index in [1.807, 2.05) is 4.90 Å². The highest BCUT2D eigenvalue weighted by Crippen LogP contribution is 2.28. The number of hydrogen-bond donors (Lipinski definition) is 3. The number of carboxylic acids is 1. The molecule has 1 aliphatic heterocycles. The first-order chi connectivity index (χ1) is 14.3. The second kappa shape index (κ2) is 8.30. The molecule has 0 saturated carbocycles. The Labute approximate surface area is 180 Å². The Kier molecular flexibility index (Phi) is 5.73. The molecular weight excluding hydrogens is 402 g/mol. The molecule has 1 aliphatic rings. The first-order valence-electron chi connectivity index (χ1n) is 10.1. The van der Waals surface area contributed by atoms with Gasteiger partial charge >= 0.3 is 5.97 Å². The van der Waals surface area contributed by atoms with Gasteiger partial charge in [-0.05, 0) is 54.8 Å². The van der Waals surface area contributed by atoms with Crippen molar-refractivity contribution in [3.05, 3.63) is 63.8 Å². The largest absolute Gasteiger partial charge is 0.477 e. The summed E-state index contributed by atoms with van der Waals surface area (Å²) in [6.45, 7) is 7.25. The molecule has 2 heterocycles. The van der Waals surface area contributed by atoms with E-state index in [9.17, 15) is 15.0 Å². The van der Waals surface area contributed by atoms with Crippen molar-refractivity contribution in [2.24, 2.45) is 0 Å². The number of H-pyrrole nitrogens is 1. The van der Waals surface area contributed by atoms with Gasteiger partial charge in [-0.15, -0.1) is 0 Å². The van der Waals surface area contributed by atoms with Gasteiger partial charge in [-0.1, -0.05) is 23.7 Å². The predicted octanol–water partition coefficient (Wildman–Crippen LogP) is 3.82. The van der Waals surface area contributed by atoms with E-state index in [1.165, 1.54) is 16.8 Å². The normalized spacial score (nSPS) is 16.2. The number of aromatic carboxylic acids is 1. The van der Waals surface area contributed by atoms with Gasteiger partial charge in [0.25, 0.3) is 0 Å². The van der Waals surface area contributed by atoms with Gasteiger partial charge in [-0.3, -0.25) is 4.90 Å². The summed E-state index contributed by atoms with van der Waals surface area (Å²) in [6, 6.07) is 11.7. The monoisotopic (exact) mass is 427 g/mol. The first-order valence-corrected chi connectivity index (χ1v) is 10.5. The minimum Gasteiger partial charge on any atom is -0.477 e. The average Bonchev–Trinajstić information content (AvgIpc) is 3.08. The van der Waals surface area contributed by atoms with E-state index in [0.717, 1.165) is 18.5 Å². The minimum absolute atomic E-state index is 0.111. The van der Waals surface area contributed by atoms with Gasteiger partial charge in [-0.2, -0.15) is 0 Å². The molecular formula is C23H26ClN3O3. The van der Waals surface area contributed by atoms with Crippen LogP contribution in [0.5, 0.6) is 0 Å². The van der Waals surface area contributed by atoms with Crippen molar-refractivity contribution < 1.29 is 15.0 Å². The number of anilines is 1. The molecule has 0 amide bonds. The molecule has 0 aliphatic carbocycles. The number of nitrogens with zero attached hydrogens (tertiary/aromatic N) is 2. The zero-order chi connectivity index (χ0) is 21.4. The van der Waals surface area contributed by atoms with Gasteiger partial charge in [-0.25, -0.2) is 4.79 Å². The van der Waals surface area contributed by atoms with E-state index in [2.05, 4.69) is 41.9 Å². The number of aliphatic hydroxyl groups excluding tert-OH is 1. The lowest BCUT2D eigenvalue weighted by Gasteiger charge is -2.39. The van der Waals surface area contributed by atoms with Crippen LogP contribution in [0.4, 0.5) is 5.69 Å². The summed E-state index contributed by atoms with van der Waals surface area (Å²) in [6.07, 6.45) is -0.535. The van der Waals surface area contributed by atoms with Gasteiger partial charge in [0.15, 0.2) is 0 Å². The number of piperazine rings is 1. The second-order valence-corrected chi connectivity index (χ2v) is 8.41. The van der Waals surface area contributed by atoms with Crippen LogP contribution < -0.4 is 4.90 Å². The molecule has 1 aromatic heterocycles. The number of aromatic nitrogens is 1. The van der Waals surface area contributed by atoms with Crippen molar-refractivity contribution >= 4 is 34.2 Å². The molecule has 0 bridgehead atoms. The number of rotatable bonds is 5. The number of aromatic amines is 1. The zero-order valence-corrected chi connectivity index (χ0v) is 17.9. The molecule has 1 atom stereocenters. The number of hydrogen-bond acceptors (Lipinski definition) is 4. The van der Waals surface area contributed by atoms with Crippen LogP contribution in [0.15, 0.2) is 36.4 Å². The summed E-state index contributed by atoms with van der Waals surface area (Å²) >= 11 is 6.12. The molecule has 6 nitrogen and oxygen atoms in total. The predicted molar refractivity (Wildman–Crippen MR) is 120 cm³/mol. The molecule has 1 fully saturated rings. The molecule has 0 radical (unpaired) electrons. The van der Waals surface area contributed by atoms with E-state index < -0.39 is 12.2 Å². The lowest BCUT2D eigenvalue weighted by molar-refractivity contribution is 0.00116. The summed E-state index contributed by atoms with van der Waals surface area (Å²) in [4.78, 5) is 19.0. The standard InChI is InChI=1S/C23H26ClN3O3/c1-14-3-4-15(2)20(11-14)26-7-9-27(10-8-26)21(28)13-18-17-12-16(24)5-6-19(17)25-22(18)23(29)30/h3-6,11-12,21,25,28H,7-10,13H2,1-2H3,(H,29,30). The van der Waals surface area contributed by atoms with Crippen LogP contribution in [-0.2, 0) is 6.42 Å². The van der Waals surface area contributed by atoms with Crippen LogP contribution in [-0.4, -0.2) is 58.5 Å². The SMILES string of the molecule is Cc1ccc(C)c(N2CCN(C(O)Cc3c(C(=O)O)[nH]c4ccc(Cl)cc34)CC2)c1. The summed E-state index contributed by atoms with van der Waals surface area (Å²) in [7, 11) is 0. The number of carbonyl (C=O) groups is 1. The summed E-state index contributed by atoms with van der Waals surface area (Å²) in [5.41, 5.74) is 5.13. The first kappa shape index (κ1) is 20.7. The quantitative estimate of drug-likeness (QED) is 0.576.